The van der Waals surface area contributed by atoms with Crippen molar-refractivity contribution in [2.45, 2.75) is 6.18 Å². The van der Waals surface area contributed by atoms with Crippen LogP contribution in [0.1, 0.15) is 15.9 Å². The molecule has 128 valence electrons. The molecule has 0 saturated heterocycles. The first kappa shape index (κ1) is 16.5. The maximum absolute atomic E-state index is 12.6. The first-order chi connectivity index (χ1) is 11.8. The van der Waals surface area contributed by atoms with Crippen LogP contribution in [0.5, 0.6) is 0 Å². The lowest BCUT2D eigenvalue weighted by Gasteiger charge is -2.07. The Labute approximate surface area is 140 Å². The largest absolute Gasteiger partial charge is 0.416 e. The Kier molecular flexibility index (Phi) is 4.14. The van der Waals surface area contributed by atoms with Crippen molar-refractivity contribution in [3.63, 3.8) is 0 Å². The van der Waals surface area contributed by atoms with Gasteiger partial charge in [-0.25, -0.2) is 0 Å². The Morgan fingerprint density at radius 1 is 1.04 bits per heavy atom. The zero-order chi connectivity index (χ0) is 18.0. The summed E-state index contributed by atoms with van der Waals surface area (Å²) in [4.78, 5) is 16.3. The summed E-state index contributed by atoms with van der Waals surface area (Å²) < 4.78 is 38.6. The van der Waals surface area contributed by atoms with Crippen molar-refractivity contribution in [3.8, 4) is 0 Å². The lowest BCUT2D eigenvalue weighted by atomic mass is 10.1. The fraction of sp³-hybridized carbons (Fsp3) is 0.0625. The summed E-state index contributed by atoms with van der Waals surface area (Å²) in [5.74, 6) is -0.757. The molecule has 3 N–H and O–H groups in total. The van der Waals surface area contributed by atoms with Gasteiger partial charge in [-0.2, -0.15) is 22.8 Å². The maximum atomic E-state index is 12.6. The third kappa shape index (κ3) is 3.60. The minimum atomic E-state index is -4.47. The molecule has 6 nitrogen and oxygen atoms in total. The second-order valence-electron chi connectivity index (χ2n) is 5.08. The highest BCUT2D eigenvalue weighted by atomic mass is 19.4. The minimum Gasteiger partial charge on any atom is -0.368 e. The van der Waals surface area contributed by atoms with Crippen molar-refractivity contribution < 1.29 is 18.0 Å². The van der Waals surface area contributed by atoms with Gasteiger partial charge in [-0.3, -0.25) is 4.79 Å². The molecule has 3 aromatic rings. The van der Waals surface area contributed by atoms with Crippen LogP contribution in [0.2, 0.25) is 0 Å². The molecule has 0 saturated carbocycles. The van der Waals surface area contributed by atoms with E-state index >= 15 is 0 Å². The molecule has 25 heavy (non-hydrogen) atoms. The molecule has 0 unspecified atom stereocenters. The third-order valence-corrected chi connectivity index (χ3v) is 3.31. The second-order valence-corrected chi connectivity index (χ2v) is 5.08. The zero-order valence-electron chi connectivity index (χ0n) is 12.7. The highest BCUT2D eigenvalue weighted by Gasteiger charge is 2.30. The number of carbonyl (C=O) groups is 1. The SMILES string of the molecule is Nc1nc(Nc2ccccc2)nn1C(=O)c1ccc(C(F)(F)F)cc1. The van der Waals surface area contributed by atoms with Crippen LogP contribution in [0, 0.1) is 0 Å². The minimum absolute atomic E-state index is 0.0101. The van der Waals surface area contributed by atoms with Crippen molar-refractivity contribution >= 4 is 23.5 Å². The van der Waals surface area contributed by atoms with Gasteiger partial charge in [-0.1, -0.05) is 18.2 Å². The van der Waals surface area contributed by atoms with Crippen LogP contribution >= 0.6 is 0 Å². The molecule has 3 rings (SSSR count). The molecule has 2 aromatic carbocycles. The van der Waals surface area contributed by atoms with Gasteiger partial charge in [-0.15, -0.1) is 5.10 Å². The molecule has 1 aromatic heterocycles. The molecule has 1 heterocycles. The fourth-order valence-corrected chi connectivity index (χ4v) is 2.10. The third-order valence-electron chi connectivity index (χ3n) is 3.31. The summed E-state index contributed by atoms with van der Waals surface area (Å²) in [7, 11) is 0. The number of aromatic nitrogens is 3. The van der Waals surface area contributed by atoms with E-state index in [1.165, 1.54) is 0 Å². The van der Waals surface area contributed by atoms with Crippen molar-refractivity contribution in [3.05, 3.63) is 65.7 Å². The number of carbonyl (C=O) groups excluding carboxylic acids is 1. The summed E-state index contributed by atoms with van der Waals surface area (Å²) in [6.07, 6.45) is -4.47. The average Bonchev–Trinajstić information content (AvgIpc) is 2.95. The predicted octanol–water partition coefficient (Wildman–Crippen LogP) is 3.31. The van der Waals surface area contributed by atoms with Crippen molar-refractivity contribution in [1.29, 1.82) is 0 Å². The predicted molar refractivity (Wildman–Crippen MR) is 85.3 cm³/mol. The molecule has 0 aliphatic rings. The molecule has 0 amide bonds. The molecular formula is C16H12F3N5O. The lowest BCUT2D eigenvalue weighted by molar-refractivity contribution is -0.137. The highest BCUT2D eigenvalue weighted by Crippen LogP contribution is 2.29. The van der Waals surface area contributed by atoms with Crippen LogP contribution in [-0.2, 0) is 6.18 Å². The number of nitrogens with two attached hydrogens (primary N) is 1. The Morgan fingerprint density at radius 3 is 2.28 bits per heavy atom. The van der Waals surface area contributed by atoms with Gasteiger partial charge in [-0.05, 0) is 36.4 Å². The lowest BCUT2D eigenvalue weighted by Crippen LogP contribution is -2.17. The van der Waals surface area contributed by atoms with Crippen LogP contribution in [-0.4, -0.2) is 20.7 Å². The first-order valence-electron chi connectivity index (χ1n) is 7.11. The number of nitrogens with zero attached hydrogens (tertiary/aromatic N) is 3. The summed E-state index contributed by atoms with van der Waals surface area (Å²) >= 11 is 0. The number of hydrogen-bond acceptors (Lipinski definition) is 5. The van der Waals surface area contributed by atoms with Crippen molar-refractivity contribution in [2.75, 3.05) is 11.1 Å². The molecule has 0 atom stereocenters. The topological polar surface area (TPSA) is 85.8 Å². The molecule has 0 fully saturated rings. The Bertz CT molecular complexity index is 888. The number of benzene rings is 2. The number of hydrogen-bond donors (Lipinski definition) is 2. The van der Waals surface area contributed by atoms with Gasteiger partial charge in [0.05, 0.1) is 5.56 Å². The van der Waals surface area contributed by atoms with Crippen LogP contribution in [0.15, 0.2) is 54.6 Å². The number of nitrogen functional groups attached to an aromatic ring is 1. The number of rotatable bonds is 3. The fourth-order valence-electron chi connectivity index (χ4n) is 2.10. The molecule has 0 bridgehead atoms. The molecule has 0 radical (unpaired) electrons. The zero-order valence-corrected chi connectivity index (χ0v) is 12.7. The number of nitrogens with one attached hydrogen (secondary N) is 1. The van der Waals surface area contributed by atoms with Crippen LogP contribution in [0.25, 0.3) is 0 Å². The number of halogens is 3. The second kappa shape index (κ2) is 6.27. The van der Waals surface area contributed by atoms with E-state index in [0.29, 0.717) is 5.69 Å². The molecule has 0 spiro atoms. The quantitative estimate of drug-likeness (QED) is 0.759. The van der Waals surface area contributed by atoms with Crippen LogP contribution < -0.4 is 11.1 Å². The van der Waals surface area contributed by atoms with Gasteiger partial charge in [0.1, 0.15) is 0 Å². The van der Waals surface area contributed by atoms with Crippen molar-refractivity contribution in [2.24, 2.45) is 0 Å². The smallest absolute Gasteiger partial charge is 0.368 e. The van der Waals surface area contributed by atoms with Crippen LogP contribution in [0.3, 0.4) is 0 Å². The monoisotopic (exact) mass is 347 g/mol. The molecule has 9 heteroatoms. The standard InChI is InChI=1S/C16H12F3N5O/c17-16(18,19)11-8-6-10(7-9-11)13(25)24-14(20)22-15(23-24)21-12-4-2-1-3-5-12/h1-9H,(H3,20,21,22,23). The average molecular weight is 347 g/mol. The maximum Gasteiger partial charge on any atom is 0.416 e. The van der Waals surface area contributed by atoms with Crippen LogP contribution in [0.4, 0.5) is 30.8 Å². The molecule has 0 aliphatic heterocycles. The normalized spacial score (nSPS) is 11.3. The number of alkyl halides is 3. The number of para-hydroxylation sites is 1. The van der Waals surface area contributed by atoms with Gasteiger partial charge in [0.15, 0.2) is 0 Å². The van der Waals surface area contributed by atoms with Gasteiger partial charge < -0.3 is 11.1 Å². The van der Waals surface area contributed by atoms with E-state index in [1.54, 1.807) is 24.3 Å². The van der Waals surface area contributed by atoms with E-state index < -0.39 is 17.6 Å². The summed E-state index contributed by atoms with van der Waals surface area (Å²) in [5.41, 5.74) is 5.54. The molecule has 0 aliphatic carbocycles. The van der Waals surface area contributed by atoms with E-state index in [4.69, 9.17) is 5.73 Å². The Balaban J connectivity index is 1.83. The van der Waals surface area contributed by atoms with E-state index in [-0.39, 0.29) is 17.5 Å². The number of anilines is 3. The van der Waals surface area contributed by atoms with Gasteiger partial charge >= 0.3 is 6.18 Å². The van der Waals surface area contributed by atoms with E-state index in [0.717, 1.165) is 28.9 Å². The van der Waals surface area contributed by atoms with Crippen molar-refractivity contribution in [1.82, 2.24) is 14.8 Å². The van der Waals surface area contributed by atoms with E-state index in [2.05, 4.69) is 15.4 Å². The Morgan fingerprint density at radius 2 is 1.68 bits per heavy atom. The Hall–Kier alpha value is -3.36. The summed E-state index contributed by atoms with van der Waals surface area (Å²) in [6.45, 7) is 0. The van der Waals surface area contributed by atoms with Gasteiger partial charge in [0.25, 0.3) is 5.91 Å². The summed E-state index contributed by atoms with van der Waals surface area (Å²) in [5, 5.41) is 6.83. The van der Waals surface area contributed by atoms with Gasteiger partial charge in [0.2, 0.25) is 11.9 Å². The molecular weight excluding hydrogens is 335 g/mol. The van der Waals surface area contributed by atoms with Gasteiger partial charge in [0, 0.05) is 11.3 Å². The van der Waals surface area contributed by atoms with E-state index in [9.17, 15) is 18.0 Å². The highest BCUT2D eigenvalue weighted by molar-refractivity contribution is 5.96. The first-order valence-corrected chi connectivity index (χ1v) is 7.11. The van der Waals surface area contributed by atoms with E-state index in [1.807, 2.05) is 6.07 Å². The summed E-state index contributed by atoms with van der Waals surface area (Å²) in [6, 6.07) is 12.8.